The van der Waals surface area contributed by atoms with Crippen LogP contribution in [-0.2, 0) is 4.79 Å². The number of rotatable bonds is 5. The number of carbonyl (C=O) groups is 2. The molecule has 6 nitrogen and oxygen atoms in total. The fraction of sp³-hybridized carbons (Fsp3) is 0.529. The Balaban J connectivity index is 2.10. The number of amides is 2. The summed E-state index contributed by atoms with van der Waals surface area (Å²) in [6.45, 7) is 6.74. The number of likely N-dealkylation sites (tertiary alicyclic amines) is 1. The van der Waals surface area contributed by atoms with Crippen LogP contribution in [0, 0.1) is 5.92 Å². The molecule has 1 fully saturated rings. The van der Waals surface area contributed by atoms with E-state index in [1.807, 2.05) is 19.9 Å². The number of aromatic hydroxyl groups is 1. The minimum absolute atomic E-state index is 0.00331. The predicted octanol–water partition coefficient (Wildman–Crippen LogP) is 1.58. The molecular weight excluding hydrogens is 294 g/mol. The minimum atomic E-state index is -0.302. The van der Waals surface area contributed by atoms with Crippen molar-refractivity contribution in [3.8, 4) is 5.75 Å². The largest absolute Gasteiger partial charge is 0.507 e. The summed E-state index contributed by atoms with van der Waals surface area (Å²) < 4.78 is 0. The van der Waals surface area contributed by atoms with Gasteiger partial charge in [-0.1, -0.05) is 0 Å². The smallest absolute Gasteiger partial charge is 0.257 e. The Morgan fingerprint density at radius 2 is 1.87 bits per heavy atom. The number of benzene rings is 1. The number of piperidine rings is 1. The summed E-state index contributed by atoms with van der Waals surface area (Å²) in [4.78, 5) is 27.5. The Morgan fingerprint density at radius 3 is 2.35 bits per heavy atom. The second kappa shape index (κ2) is 7.35. The van der Waals surface area contributed by atoms with Crippen LogP contribution in [0.15, 0.2) is 18.2 Å². The van der Waals surface area contributed by atoms with Gasteiger partial charge in [-0.05, 0) is 38.8 Å². The van der Waals surface area contributed by atoms with E-state index >= 15 is 0 Å². The van der Waals surface area contributed by atoms with E-state index < -0.39 is 0 Å². The zero-order valence-electron chi connectivity index (χ0n) is 13.8. The number of hydrogen-bond donors (Lipinski definition) is 2. The third-order valence-corrected chi connectivity index (χ3v) is 4.52. The van der Waals surface area contributed by atoms with Gasteiger partial charge in [-0.25, -0.2) is 0 Å². The summed E-state index contributed by atoms with van der Waals surface area (Å²) >= 11 is 0. The molecule has 0 saturated carbocycles. The lowest BCUT2D eigenvalue weighted by molar-refractivity contribution is -0.123. The van der Waals surface area contributed by atoms with Gasteiger partial charge in [0.25, 0.3) is 5.91 Å². The monoisotopic (exact) mass is 319 g/mol. The molecule has 0 unspecified atom stereocenters. The van der Waals surface area contributed by atoms with Gasteiger partial charge < -0.3 is 20.6 Å². The number of nitrogens with zero attached hydrogens (tertiary/aromatic N) is 2. The first-order valence-electron chi connectivity index (χ1n) is 8.14. The molecule has 1 aliphatic rings. The minimum Gasteiger partial charge on any atom is -0.507 e. The molecule has 0 spiro atoms. The molecule has 1 saturated heterocycles. The summed E-state index contributed by atoms with van der Waals surface area (Å²) in [5.41, 5.74) is 6.51. The van der Waals surface area contributed by atoms with Gasteiger partial charge in [0.05, 0.1) is 5.56 Å². The van der Waals surface area contributed by atoms with Crippen LogP contribution in [0.4, 0.5) is 5.69 Å². The van der Waals surface area contributed by atoms with E-state index in [1.54, 1.807) is 17.0 Å². The fourth-order valence-corrected chi connectivity index (χ4v) is 3.02. The molecular formula is C17H25N3O3. The Hall–Kier alpha value is -2.24. The van der Waals surface area contributed by atoms with Gasteiger partial charge in [0.15, 0.2) is 0 Å². The summed E-state index contributed by atoms with van der Waals surface area (Å²) in [6, 6.07) is 5.16. The second-order valence-corrected chi connectivity index (χ2v) is 5.84. The third-order valence-electron chi connectivity index (χ3n) is 4.52. The summed E-state index contributed by atoms with van der Waals surface area (Å²) in [6.07, 6.45) is 1.17. The van der Waals surface area contributed by atoms with Crippen LogP contribution >= 0.6 is 0 Å². The summed E-state index contributed by atoms with van der Waals surface area (Å²) in [5, 5.41) is 10.2. The lowest BCUT2D eigenvalue weighted by Gasteiger charge is -2.31. The average molecular weight is 319 g/mol. The van der Waals surface area contributed by atoms with Gasteiger partial charge in [0.2, 0.25) is 5.91 Å². The second-order valence-electron chi connectivity index (χ2n) is 5.84. The van der Waals surface area contributed by atoms with E-state index in [4.69, 9.17) is 5.73 Å². The molecule has 1 aromatic carbocycles. The van der Waals surface area contributed by atoms with Gasteiger partial charge in [0, 0.05) is 43.9 Å². The number of hydrogen-bond acceptors (Lipinski definition) is 4. The molecule has 6 heteroatoms. The van der Waals surface area contributed by atoms with E-state index in [0.717, 1.165) is 18.8 Å². The van der Waals surface area contributed by atoms with Crippen LogP contribution in [0.2, 0.25) is 0 Å². The Morgan fingerprint density at radius 1 is 1.26 bits per heavy atom. The first kappa shape index (κ1) is 17.1. The first-order chi connectivity index (χ1) is 11.0. The lowest BCUT2D eigenvalue weighted by Crippen LogP contribution is -2.41. The van der Waals surface area contributed by atoms with Crippen molar-refractivity contribution in [2.45, 2.75) is 26.7 Å². The Kier molecular flexibility index (Phi) is 5.47. The van der Waals surface area contributed by atoms with Gasteiger partial charge in [-0.15, -0.1) is 0 Å². The van der Waals surface area contributed by atoms with Crippen molar-refractivity contribution in [1.29, 1.82) is 0 Å². The highest BCUT2D eigenvalue weighted by atomic mass is 16.3. The molecule has 0 atom stereocenters. The van der Waals surface area contributed by atoms with Gasteiger partial charge in [0.1, 0.15) is 5.75 Å². The van der Waals surface area contributed by atoms with Crippen LogP contribution in [0.3, 0.4) is 0 Å². The fourth-order valence-electron chi connectivity index (χ4n) is 3.02. The number of carbonyl (C=O) groups excluding carboxylic acids is 2. The summed E-state index contributed by atoms with van der Waals surface area (Å²) in [7, 11) is 0. The highest BCUT2D eigenvalue weighted by Crippen LogP contribution is 2.27. The molecule has 1 aromatic rings. The standard InChI is InChI=1S/C17H25N3O3/c1-3-19(4-2)13-5-6-14(15(21)11-13)17(23)20-9-7-12(8-10-20)16(18)22/h5-6,11-12,21H,3-4,7-10H2,1-2H3,(H2,18,22). The van der Waals surface area contributed by atoms with E-state index in [9.17, 15) is 14.7 Å². The number of nitrogens with two attached hydrogens (primary N) is 1. The molecule has 3 N–H and O–H groups in total. The maximum Gasteiger partial charge on any atom is 0.257 e. The van der Waals surface area contributed by atoms with Gasteiger partial charge in [-0.3, -0.25) is 9.59 Å². The van der Waals surface area contributed by atoms with Gasteiger partial charge >= 0.3 is 0 Å². The molecule has 2 rings (SSSR count). The zero-order valence-corrected chi connectivity index (χ0v) is 13.8. The molecule has 23 heavy (non-hydrogen) atoms. The highest BCUT2D eigenvalue weighted by Gasteiger charge is 2.27. The van der Waals surface area contributed by atoms with Crippen molar-refractivity contribution in [2.75, 3.05) is 31.1 Å². The maximum atomic E-state index is 12.6. The Bertz CT molecular complexity index is 576. The van der Waals surface area contributed by atoms with E-state index in [2.05, 4.69) is 4.90 Å². The van der Waals surface area contributed by atoms with Crippen molar-refractivity contribution in [3.63, 3.8) is 0 Å². The highest BCUT2D eigenvalue weighted by molar-refractivity contribution is 5.97. The van der Waals surface area contributed by atoms with Crippen LogP contribution in [0.1, 0.15) is 37.0 Å². The third kappa shape index (κ3) is 3.75. The first-order valence-corrected chi connectivity index (χ1v) is 8.14. The molecule has 2 amide bonds. The molecule has 0 aromatic heterocycles. The molecule has 0 radical (unpaired) electrons. The average Bonchev–Trinajstić information content (AvgIpc) is 2.55. The number of phenolic OH excluding ortho intramolecular Hbond substituents is 1. The summed E-state index contributed by atoms with van der Waals surface area (Å²) in [5.74, 6) is -0.658. The topological polar surface area (TPSA) is 86.9 Å². The van der Waals surface area contributed by atoms with Crippen molar-refractivity contribution >= 4 is 17.5 Å². The number of anilines is 1. The molecule has 1 heterocycles. The normalized spacial score (nSPS) is 15.5. The molecule has 0 aliphatic carbocycles. The van der Waals surface area contributed by atoms with E-state index in [0.29, 0.717) is 31.5 Å². The molecule has 1 aliphatic heterocycles. The predicted molar refractivity (Wildman–Crippen MR) is 89.5 cm³/mol. The van der Waals surface area contributed by atoms with Crippen molar-refractivity contribution in [1.82, 2.24) is 4.90 Å². The van der Waals surface area contributed by atoms with Crippen molar-refractivity contribution in [3.05, 3.63) is 23.8 Å². The zero-order chi connectivity index (χ0) is 17.0. The van der Waals surface area contributed by atoms with Crippen LogP contribution in [0.25, 0.3) is 0 Å². The number of phenols is 1. The van der Waals surface area contributed by atoms with Crippen molar-refractivity contribution in [2.24, 2.45) is 11.7 Å². The molecule has 126 valence electrons. The SMILES string of the molecule is CCN(CC)c1ccc(C(=O)N2CCC(C(N)=O)CC2)c(O)c1. The molecule has 0 bridgehead atoms. The quantitative estimate of drug-likeness (QED) is 0.862. The van der Waals surface area contributed by atoms with Crippen LogP contribution in [-0.4, -0.2) is 48.0 Å². The maximum absolute atomic E-state index is 12.6. The van der Waals surface area contributed by atoms with Crippen molar-refractivity contribution < 1.29 is 14.7 Å². The van der Waals surface area contributed by atoms with Crippen LogP contribution < -0.4 is 10.6 Å². The van der Waals surface area contributed by atoms with Gasteiger partial charge in [-0.2, -0.15) is 0 Å². The van der Waals surface area contributed by atoms with E-state index in [-0.39, 0.29) is 23.5 Å². The van der Waals surface area contributed by atoms with E-state index in [1.165, 1.54) is 0 Å². The lowest BCUT2D eigenvalue weighted by atomic mass is 9.96. The van der Waals surface area contributed by atoms with Crippen LogP contribution in [0.5, 0.6) is 5.75 Å². The Labute approximate surface area is 136 Å². The number of primary amides is 1.